The van der Waals surface area contributed by atoms with Crippen LogP contribution < -0.4 is 4.74 Å². The average Bonchev–Trinajstić information content (AvgIpc) is 2.96. The van der Waals surface area contributed by atoms with Gasteiger partial charge in [0.05, 0.1) is 19.0 Å². The van der Waals surface area contributed by atoms with E-state index in [1.54, 1.807) is 6.20 Å². The largest absolute Gasteiger partial charge is 0.493 e. The number of halogens is 2. The molecule has 0 spiro atoms. The molecule has 2 heterocycles. The molecule has 5 heteroatoms. The van der Waals surface area contributed by atoms with E-state index in [0.29, 0.717) is 5.88 Å². The van der Waals surface area contributed by atoms with Gasteiger partial charge >= 0.3 is 0 Å². The highest BCUT2D eigenvalue weighted by molar-refractivity contribution is 9.10. The Morgan fingerprint density at radius 2 is 2.33 bits per heavy atom. The van der Waals surface area contributed by atoms with E-state index in [9.17, 15) is 0 Å². The van der Waals surface area contributed by atoms with Crippen LogP contribution >= 0.6 is 27.5 Å². The standard InChI is InChI=1S/C13H12BrClN2O/c14-11-5-9-1-4-18-13(9)10(6-11)8-17-3-2-16-12(17)7-15/h2-3,5-6H,1,4,7-8H2. The normalized spacial score (nSPS) is 13.4. The highest BCUT2D eigenvalue weighted by atomic mass is 79.9. The quantitative estimate of drug-likeness (QED) is 0.808. The fraction of sp³-hybridized carbons (Fsp3) is 0.308. The van der Waals surface area contributed by atoms with Crippen molar-refractivity contribution in [1.29, 1.82) is 0 Å². The molecule has 0 saturated carbocycles. The van der Waals surface area contributed by atoms with Crippen LogP contribution in [0, 0.1) is 0 Å². The molecule has 0 amide bonds. The highest BCUT2D eigenvalue weighted by Gasteiger charge is 2.18. The fourth-order valence-electron chi connectivity index (χ4n) is 2.26. The zero-order valence-electron chi connectivity index (χ0n) is 9.70. The minimum atomic E-state index is 0.421. The second-order valence-corrected chi connectivity index (χ2v) is 5.44. The molecule has 0 unspecified atom stereocenters. The number of imidazole rings is 1. The maximum absolute atomic E-state index is 5.86. The Morgan fingerprint density at radius 1 is 1.44 bits per heavy atom. The molecule has 0 N–H and O–H groups in total. The minimum absolute atomic E-state index is 0.421. The van der Waals surface area contributed by atoms with Crippen LogP contribution in [0.2, 0.25) is 0 Å². The van der Waals surface area contributed by atoms with Crippen molar-refractivity contribution in [3.63, 3.8) is 0 Å². The molecule has 3 rings (SSSR count). The smallest absolute Gasteiger partial charge is 0.127 e. The number of benzene rings is 1. The maximum Gasteiger partial charge on any atom is 0.127 e. The van der Waals surface area contributed by atoms with Gasteiger partial charge in [0.2, 0.25) is 0 Å². The first kappa shape index (κ1) is 12.1. The van der Waals surface area contributed by atoms with Gasteiger partial charge in [-0.05, 0) is 17.7 Å². The van der Waals surface area contributed by atoms with E-state index in [0.717, 1.165) is 35.6 Å². The molecule has 2 aromatic rings. The lowest BCUT2D eigenvalue weighted by molar-refractivity contribution is 0.352. The molecule has 1 aromatic carbocycles. The van der Waals surface area contributed by atoms with Crippen LogP contribution in [-0.2, 0) is 18.8 Å². The van der Waals surface area contributed by atoms with Gasteiger partial charge in [0.15, 0.2) is 0 Å². The van der Waals surface area contributed by atoms with Gasteiger partial charge in [0.1, 0.15) is 11.6 Å². The third-order valence-corrected chi connectivity index (χ3v) is 3.78. The summed E-state index contributed by atoms with van der Waals surface area (Å²) < 4.78 is 8.86. The van der Waals surface area contributed by atoms with Crippen molar-refractivity contribution in [2.24, 2.45) is 0 Å². The summed E-state index contributed by atoms with van der Waals surface area (Å²) in [5, 5.41) is 0. The van der Waals surface area contributed by atoms with Crippen LogP contribution in [0.4, 0.5) is 0 Å². The number of ether oxygens (including phenoxy) is 1. The first-order valence-corrected chi connectivity index (χ1v) is 7.11. The topological polar surface area (TPSA) is 27.1 Å². The van der Waals surface area contributed by atoms with Crippen LogP contribution in [0.5, 0.6) is 5.75 Å². The third-order valence-electron chi connectivity index (χ3n) is 3.09. The van der Waals surface area contributed by atoms with Crippen molar-refractivity contribution >= 4 is 27.5 Å². The number of fused-ring (bicyclic) bond motifs is 1. The third kappa shape index (κ3) is 2.15. The Balaban J connectivity index is 1.98. The van der Waals surface area contributed by atoms with E-state index in [1.807, 2.05) is 6.20 Å². The molecule has 0 saturated heterocycles. The van der Waals surface area contributed by atoms with E-state index < -0.39 is 0 Å². The highest BCUT2D eigenvalue weighted by Crippen LogP contribution is 2.33. The van der Waals surface area contributed by atoms with Gasteiger partial charge < -0.3 is 9.30 Å². The Morgan fingerprint density at radius 3 is 3.17 bits per heavy atom. The molecule has 94 valence electrons. The summed E-state index contributed by atoms with van der Waals surface area (Å²) in [5.41, 5.74) is 2.44. The molecule has 1 aliphatic heterocycles. The summed E-state index contributed by atoms with van der Waals surface area (Å²) in [6, 6.07) is 4.23. The van der Waals surface area contributed by atoms with Crippen molar-refractivity contribution in [2.45, 2.75) is 18.8 Å². The van der Waals surface area contributed by atoms with Crippen LogP contribution in [-0.4, -0.2) is 16.2 Å². The van der Waals surface area contributed by atoms with Gasteiger partial charge in [-0.3, -0.25) is 0 Å². The number of rotatable bonds is 3. The first-order chi connectivity index (χ1) is 8.78. The molecule has 1 aromatic heterocycles. The molecule has 18 heavy (non-hydrogen) atoms. The maximum atomic E-state index is 5.86. The number of hydrogen-bond donors (Lipinski definition) is 0. The van der Waals surface area contributed by atoms with E-state index in [1.165, 1.54) is 11.1 Å². The van der Waals surface area contributed by atoms with Gasteiger partial charge in [0.25, 0.3) is 0 Å². The van der Waals surface area contributed by atoms with Gasteiger partial charge in [-0.1, -0.05) is 15.9 Å². The van der Waals surface area contributed by atoms with Gasteiger partial charge in [-0.2, -0.15) is 0 Å². The molecule has 0 aliphatic carbocycles. The predicted molar refractivity (Wildman–Crippen MR) is 74.2 cm³/mol. The average molecular weight is 328 g/mol. The van der Waals surface area contributed by atoms with E-state index in [-0.39, 0.29) is 0 Å². The Labute approximate surface area is 119 Å². The van der Waals surface area contributed by atoms with Crippen LogP contribution in [0.3, 0.4) is 0 Å². The summed E-state index contributed by atoms with van der Waals surface area (Å²) in [6.07, 6.45) is 4.70. The Bertz CT molecular complexity index is 582. The van der Waals surface area contributed by atoms with Crippen molar-refractivity contribution in [3.8, 4) is 5.75 Å². The number of hydrogen-bond acceptors (Lipinski definition) is 2. The molecule has 1 aliphatic rings. The second kappa shape index (κ2) is 4.94. The molecular weight excluding hydrogens is 316 g/mol. The predicted octanol–water partition coefficient (Wildman–Crippen LogP) is 3.37. The summed E-state index contributed by atoms with van der Waals surface area (Å²) in [5.74, 6) is 2.32. The molecule has 0 radical (unpaired) electrons. The lowest BCUT2D eigenvalue weighted by Gasteiger charge is -2.11. The molecule has 0 atom stereocenters. The molecular formula is C13H12BrClN2O. The van der Waals surface area contributed by atoms with Crippen LogP contribution in [0.25, 0.3) is 0 Å². The summed E-state index contributed by atoms with van der Waals surface area (Å²) in [6.45, 7) is 1.51. The molecule has 3 nitrogen and oxygen atoms in total. The SMILES string of the molecule is ClCc1nccn1Cc1cc(Br)cc2c1OCC2. The fourth-order valence-corrected chi connectivity index (χ4v) is 3.04. The number of alkyl halides is 1. The molecule has 0 bridgehead atoms. The molecule has 0 fully saturated rings. The second-order valence-electron chi connectivity index (χ2n) is 4.26. The lowest BCUT2D eigenvalue weighted by atomic mass is 10.1. The van der Waals surface area contributed by atoms with Crippen molar-refractivity contribution < 1.29 is 4.74 Å². The zero-order chi connectivity index (χ0) is 12.5. The summed E-state index contributed by atoms with van der Waals surface area (Å²) in [7, 11) is 0. The van der Waals surface area contributed by atoms with Crippen molar-refractivity contribution in [3.05, 3.63) is 46.0 Å². The number of nitrogens with zero attached hydrogens (tertiary/aromatic N) is 2. The Hall–Kier alpha value is -1.00. The minimum Gasteiger partial charge on any atom is -0.493 e. The summed E-state index contributed by atoms with van der Waals surface area (Å²) in [4.78, 5) is 4.23. The van der Waals surface area contributed by atoms with Gasteiger partial charge in [-0.25, -0.2) is 4.98 Å². The van der Waals surface area contributed by atoms with E-state index in [4.69, 9.17) is 16.3 Å². The van der Waals surface area contributed by atoms with Gasteiger partial charge in [0, 0.05) is 28.9 Å². The van der Waals surface area contributed by atoms with Crippen LogP contribution in [0.1, 0.15) is 17.0 Å². The zero-order valence-corrected chi connectivity index (χ0v) is 12.0. The monoisotopic (exact) mass is 326 g/mol. The summed E-state index contributed by atoms with van der Waals surface area (Å²) >= 11 is 9.41. The van der Waals surface area contributed by atoms with Gasteiger partial charge in [-0.15, -0.1) is 11.6 Å². The van der Waals surface area contributed by atoms with Crippen molar-refractivity contribution in [2.75, 3.05) is 6.61 Å². The van der Waals surface area contributed by atoms with Crippen molar-refractivity contribution in [1.82, 2.24) is 9.55 Å². The van der Waals surface area contributed by atoms with E-state index in [2.05, 4.69) is 37.6 Å². The first-order valence-electron chi connectivity index (χ1n) is 5.78. The Kier molecular flexibility index (Phi) is 3.31. The van der Waals surface area contributed by atoms with E-state index >= 15 is 0 Å². The van der Waals surface area contributed by atoms with Crippen LogP contribution in [0.15, 0.2) is 29.0 Å². The lowest BCUT2D eigenvalue weighted by Crippen LogP contribution is -2.04. The number of aromatic nitrogens is 2.